The van der Waals surface area contributed by atoms with Crippen LogP contribution in [0.3, 0.4) is 0 Å². The molecule has 0 saturated heterocycles. The first-order valence-electron chi connectivity index (χ1n) is 9.06. The van der Waals surface area contributed by atoms with E-state index in [1.807, 2.05) is 6.07 Å². The fourth-order valence-corrected chi connectivity index (χ4v) is 3.39. The third-order valence-electron chi connectivity index (χ3n) is 4.88. The zero-order valence-electron chi connectivity index (χ0n) is 15.5. The summed E-state index contributed by atoms with van der Waals surface area (Å²) in [6, 6.07) is 5.49. The van der Waals surface area contributed by atoms with Gasteiger partial charge in [-0.25, -0.2) is 0 Å². The lowest BCUT2D eigenvalue weighted by molar-refractivity contribution is -0.162. The van der Waals surface area contributed by atoms with Crippen LogP contribution in [0.1, 0.15) is 46.3 Å². The predicted octanol–water partition coefficient (Wildman–Crippen LogP) is 5.08. The van der Waals surface area contributed by atoms with Crippen molar-refractivity contribution in [2.75, 3.05) is 0 Å². The summed E-state index contributed by atoms with van der Waals surface area (Å²) < 4.78 is 78.7. The van der Waals surface area contributed by atoms with E-state index in [2.05, 4.69) is 0 Å². The van der Waals surface area contributed by atoms with E-state index < -0.39 is 35.4 Å². The molecule has 3 N–H and O–H groups in total. The Labute approximate surface area is 168 Å². The summed E-state index contributed by atoms with van der Waals surface area (Å²) in [5.41, 5.74) is 6.64. The highest BCUT2D eigenvalue weighted by atomic mass is 19.4. The number of amides is 1. The van der Waals surface area contributed by atoms with Crippen LogP contribution in [0, 0.1) is 0 Å². The molecular formula is C21H18F6N2O. The summed E-state index contributed by atoms with van der Waals surface area (Å²) in [7, 11) is 0. The lowest BCUT2D eigenvalue weighted by Gasteiger charge is -2.22. The van der Waals surface area contributed by atoms with Gasteiger partial charge in [-0.3, -0.25) is 4.79 Å². The van der Waals surface area contributed by atoms with Crippen LogP contribution in [0.25, 0.3) is 6.08 Å². The minimum atomic E-state index is -4.97. The number of hydrogen-bond donors (Lipinski definition) is 2. The van der Waals surface area contributed by atoms with Gasteiger partial charge in [0.15, 0.2) is 6.04 Å². The second-order valence-electron chi connectivity index (χ2n) is 7.04. The normalized spacial score (nSPS) is 17.8. The van der Waals surface area contributed by atoms with Crippen molar-refractivity contribution >= 4 is 12.0 Å². The van der Waals surface area contributed by atoms with E-state index in [1.165, 1.54) is 6.08 Å². The second kappa shape index (κ2) is 8.14. The van der Waals surface area contributed by atoms with Crippen LogP contribution in [-0.2, 0) is 17.4 Å². The largest absolute Gasteiger partial charge is 0.416 e. The fourth-order valence-electron chi connectivity index (χ4n) is 3.39. The van der Waals surface area contributed by atoms with Crippen LogP contribution in [0.4, 0.5) is 26.3 Å². The van der Waals surface area contributed by atoms with Crippen molar-refractivity contribution in [1.82, 2.24) is 5.32 Å². The molecule has 2 aromatic carbocycles. The van der Waals surface area contributed by atoms with Gasteiger partial charge in [0.1, 0.15) is 0 Å². The van der Waals surface area contributed by atoms with Crippen molar-refractivity contribution in [3.05, 3.63) is 76.4 Å². The van der Waals surface area contributed by atoms with Gasteiger partial charge >= 0.3 is 12.4 Å². The Kier molecular flexibility index (Phi) is 5.94. The summed E-state index contributed by atoms with van der Waals surface area (Å²) in [6.07, 6.45) is -5.94. The van der Waals surface area contributed by atoms with E-state index in [9.17, 15) is 31.1 Å². The Bertz CT molecular complexity index is 965. The van der Waals surface area contributed by atoms with Crippen LogP contribution in [-0.4, -0.2) is 12.1 Å². The van der Waals surface area contributed by atoms with Crippen molar-refractivity contribution in [3.8, 4) is 0 Å². The van der Waals surface area contributed by atoms with Gasteiger partial charge in [-0.15, -0.1) is 0 Å². The maximum atomic E-state index is 13.4. The first-order valence-corrected chi connectivity index (χ1v) is 9.06. The Balaban J connectivity index is 1.78. The first-order chi connectivity index (χ1) is 13.9. The molecule has 0 fully saturated rings. The quantitative estimate of drug-likeness (QED) is 0.527. The molecular weight excluding hydrogens is 410 g/mol. The molecule has 0 saturated carbocycles. The zero-order chi connectivity index (χ0) is 22.1. The van der Waals surface area contributed by atoms with Gasteiger partial charge in [-0.1, -0.05) is 30.3 Å². The van der Waals surface area contributed by atoms with Crippen molar-refractivity contribution < 1.29 is 31.1 Å². The van der Waals surface area contributed by atoms with E-state index >= 15 is 0 Å². The van der Waals surface area contributed by atoms with Gasteiger partial charge in [0.05, 0.1) is 5.56 Å². The standard InChI is InChI=1S/C21H18F6N2O/c22-20(23,24)15-3-1-2-14(11-15)19(21(25,26)27)29-18(30)9-5-12-4-7-16-13(10-12)6-8-17(16)28/h1-5,7,9-11,17,19H,6,8,28H2,(H,29,30). The van der Waals surface area contributed by atoms with Crippen LogP contribution in [0.5, 0.6) is 0 Å². The number of nitrogens with two attached hydrogens (primary N) is 1. The minimum Gasteiger partial charge on any atom is -0.337 e. The number of nitrogens with one attached hydrogen (secondary N) is 1. The molecule has 0 bridgehead atoms. The molecule has 0 aliphatic heterocycles. The highest BCUT2D eigenvalue weighted by Gasteiger charge is 2.42. The van der Waals surface area contributed by atoms with E-state index in [-0.39, 0.29) is 6.04 Å². The van der Waals surface area contributed by atoms with E-state index in [0.29, 0.717) is 17.7 Å². The van der Waals surface area contributed by atoms with Crippen molar-refractivity contribution in [1.29, 1.82) is 0 Å². The lowest BCUT2D eigenvalue weighted by Crippen LogP contribution is -2.37. The molecule has 2 atom stereocenters. The van der Waals surface area contributed by atoms with Crippen LogP contribution in [0.2, 0.25) is 0 Å². The number of fused-ring (bicyclic) bond motifs is 1. The van der Waals surface area contributed by atoms with Crippen LogP contribution >= 0.6 is 0 Å². The highest BCUT2D eigenvalue weighted by Crippen LogP contribution is 2.36. The summed E-state index contributed by atoms with van der Waals surface area (Å²) in [5.74, 6) is -1.08. The molecule has 30 heavy (non-hydrogen) atoms. The van der Waals surface area contributed by atoms with Crippen molar-refractivity contribution in [2.24, 2.45) is 5.73 Å². The molecule has 160 valence electrons. The number of halogens is 6. The summed E-state index contributed by atoms with van der Waals surface area (Å²) >= 11 is 0. The van der Waals surface area contributed by atoms with E-state index in [4.69, 9.17) is 5.73 Å². The van der Waals surface area contributed by atoms with Crippen LogP contribution < -0.4 is 11.1 Å². The van der Waals surface area contributed by atoms with Gasteiger partial charge < -0.3 is 11.1 Å². The Morgan fingerprint density at radius 1 is 1.10 bits per heavy atom. The molecule has 0 radical (unpaired) electrons. The molecule has 1 aliphatic rings. The number of benzene rings is 2. The number of rotatable bonds is 4. The van der Waals surface area contributed by atoms with Gasteiger partial charge in [-0.05, 0) is 53.3 Å². The first kappa shape index (κ1) is 21.9. The smallest absolute Gasteiger partial charge is 0.337 e. The molecule has 1 amide bonds. The summed E-state index contributed by atoms with van der Waals surface area (Å²) in [6.45, 7) is 0. The molecule has 0 heterocycles. The minimum absolute atomic E-state index is 0.0543. The van der Waals surface area contributed by atoms with Gasteiger partial charge in [0, 0.05) is 12.1 Å². The average molecular weight is 428 g/mol. The molecule has 0 aromatic heterocycles. The van der Waals surface area contributed by atoms with E-state index in [1.54, 1.807) is 17.4 Å². The molecule has 9 heteroatoms. The predicted molar refractivity (Wildman–Crippen MR) is 99.1 cm³/mol. The molecule has 2 unspecified atom stereocenters. The maximum absolute atomic E-state index is 13.4. The number of hydrogen-bond acceptors (Lipinski definition) is 2. The SMILES string of the molecule is NC1CCc2cc(C=CC(=O)NC(c3cccc(C(F)(F)F)c3)C(F)(F)F)ccc21. The number of alkyl halides is 6. The third kappa shape index (κ3) is 5.02. The van der Waals surface area contributed by atoms with E-state index in [0.717, 1.165) is 42.2 Å². The second-order valence-corrected chi connectivity index (χ2v) is 7.04. The lowest BCUT2D eigenvalue weighted by atomic mass is 10.0. The van der Waals surface area contributed by atoms with Crippen molar-refractivity contribution in [2.45, 2.75) is 37.3 Å². The monoisotopic (exact) mass is 428 g/mol. The van der Waals surface area contributed by atoms with Gasteiger partial charge in [0.25, 0.3) is 0 Å². The van der Waals surface area contributed by atoms with Gasteiger partial charge in [-0.2, -0.15) is 26.3 Å². The topological polar surface area (TPSA) is 55.1 Å². The Morgan fingerprint density at radius 2 is 1.83 bits per heavy atom. The third-order valence-corrected chi connectivity index (χ3v) is 4.88. The molecule has 0 spiro atoms. The zero-order valence-corrected chi connectivity index (χ0v) is 15.5. The number of carbonyl (C=O) groups excluding carboxylic acids is 1. The Morgan fingerprint density at radius 3 is 2.50 bits per heavy atom. The fraction of sp³-hybridized carbons (Fsp3) is 0.286. The highest BCUT2D eigenvalue weighted by molar-refractivity contribution is 5.92. The van der Waals surface area contributed by atoms with Gasteiger partial charge in [0.2, 0.25) is 5.91 Å². The summed E-state index contributed by atoms with van der Waals surface area (Å²) in [4.78, 5) is 12.1. The average Bonchev–Trinajstić information content (AvgIpc) is 3.03. The van der Waals surface area contributed by atoms with Crippen molar-refractivity contribution in [3.63, 3.8) is 0 Å². The molecule has 3 nitrogen and oxygen atoms in total. The molecule has 2 aromatic rings. The number of aryl methyl sites for hydroxylation is 1. The van der Waals surface area contributed by atoms with Crippen LogP contribution in [0.15, 0.2) is 48.5 Å². The maximum Gasteiger partial charge on any atom is 0.416 e. The molecule has 1 aliphatic carbocycles. The summed E-state index contributed by atoms with van der Waals surface area (Å²) in [5, 5.41) is 1.74. The number of carbonyl (C=O) groups is 1. The Hall–Kier alpha value is -2.81. The molecule has 3 rings (SSSR count).